The van der Waals surface area contributed by atoms with E-state index in [1.54, 1.807) is 6.20 Å². The number of hydrogen-bond acceptors (Lipinski definition) is 5. The molecular weight excluding hydrogens is 306 g/mol. The molecule has 7 nitrogen and oxygen atoms in total. The van der Waals surface area contributed by atoms with Crippen molar-refractivity contribution in [3.05, 3.63) is 29.9 Å². The zero-order valence-corrected chi connectivity index (χ0v) is 14.5. The zero-order chi connectivity index (χ0) is 17.1. The monoisotopic (exact) mass is 331 g/mol. The summed E-state index contributed by atoms with van der Waals surface area (Å²) in [4.78, 5) is 21.1. The van der Waals surface area contributed by atoms with Crippen molar-refractivity contribution in [1.82, 2.24) is 25.0 Å². The van der Waals surface area contributed by atoms with Crippen molar-refractivity contribution in [3.8, 4) is 0 Å². The zero-order valence-electron chi connectivity index (χ0n) is 14.5. The lowest BCUT2D eigenvalue weighted by atomic mass is 9.85. The Morgan fingerprint density at radius 2 is 2.21 bits per heavy atom. The number of imidazole rings is 1. The van der Waals surface area contributed by atoms with Gasteiger partial charge in [-0.05, 0) is 19.8 Å². The summed E-state index contributed by atoms with van der Waals surface area (Å²) in [6, 6.07) is -0.291. The summed E-state index contributed by atoms with van der Waals surface area (Å²) < 4.78 is 7.21. The predicted molar refractivity (Wildman–Crippen MR) is 88.6 cm³/mol. The molecule has 2 heterocycles. The molecule has 0 saturated heterocycles. The third-order valence-corrected chi connectivity index (χ3v) is 4.60. The summed E-state index contributed by atoms with van der Waals surface area (Å²) in [7, 11) is 0. The van der Waals surface area contributed by atoms with Crippen molar-refractivity contribution in [1.29, 1.82) is 0 Å². The molecule has 1 fully saturated rings. The van der Waals surface area contributed by atoms with Gasteiger partial charge in [-0.3, -0.25) is 4.79 Å². The van der Waals surface area contributed by atoms with E-state index in [1.165, 1.54) is 6.42 Å². The highest BCUT2D eigenvalue weighted by atomic mass is 16.5. The van der Waals surface area contributed by atoms with E-state index in [2.05, 4.69) is 34.3 Å². The first-order chi connectivity index (χ1) is 11.6. The third-order valence-electron chi connectivity index (χ3n) is 4.60. The van der Waals surface area contributed by atoms with E-state index in [1.807, 2.05) is 17.7 Å². The van der Waals surface area contributed by atoms with Gasteiger partial charge in [0.2, 0.25) is 11.8 Å². The van der Waals surface area contributed by atoms with Crippen LogP contribution in [0.15, 0.2) is 16.9 Å². The number of carbonyl (C=O) groups is 1. The fourth-order valence-electron chi connectivity index (χ4n) is 2.86. The van der Waals surface area contributed by atoms with Gasteiger partial charge in [-0.25, -0.2) is 4.98 Å². The minimum absolute atomic E-state index is 0.0300. The molecule has 7 heteroatoms. The van der Waals surface area contributed by atoms with Crippen LogP contribution in [0.4, 0.5) is 0 Å². The molecule has 0 radical (unpaired) electrons. The molecule has 0 aliphatic heterocycles. The van der Waals surface area contributed by atoms with Gasteiger partial charge in [0.1, 0.15) is 11.9 Å². The lowest BCUT2D eigenvalue weighted by Crippen LogP contribution is -2.33. The Kier molecular flexibility index (Phi) is 4.97. The lowest BCUT2D eigenvalue weighted by molar-refractivity contribution is -0.123. The molecule has 1 aliphatic carbocycles. The van der Waals surface area contributed by atoms with Gasteiger partial charge >= 0.3 is 0 Å². The van der Waals surface area contributed by atoms with Gasteiger partial charge in [-0.2, -0.15) is 4.98 Å². The SMILES string of the molecule is CC(C)c1nccn1C(C)C(=O)NCCc1noc(C2CCC2)n1. The van der Waals surface area contributed by atoms with Crippen LogP contribution >= 0.6 is 0 Å². The van der Waals surface area contributed by atoms with Gasteiger partial charge in [-0.15, -0.1) is 0 Å². The molecule has 1 amide bonds. The summed E-state index contributed by atoms with van der Waals surface area (Å²) >= 11 is 0. The molecule has 1 aliphatic rings. The average molecular weight is 331 g/mol. The molecule has 2 aromatic heterocycles. The van der Waals surface area contributed by atoms with Crippen LogP contribution in [0.25, 0.3) is 0 Å². The van der Waals surface area contributed by atoms with Crippen molar-refractivity contribution < 1.29 is 9.32 Å². The number of aromatic nitrogens is 4. The van der Waals surface area contributed by atoms with Crippen LogP contribution in [0.1, 0.15) is 75.5 Å². The fraction of sp³-hybridized carbons (Fsp3) is 0.647. The second-order valence-corrected chi connectivity index (χ2v) is 6.74. The van der Waals surface area contributed by atoms with Crippen LogP contribution in [0, 0.1) is 0 Å². The molecule has 3 rings (SSSR count). The highest BCUT2D eigenvalue weighted by Crippen LogP contribution is 2.35. The largest absolute Gasteiger partial charge is 0.354 e. The Morgan fingerprint density at radius 3 is 2.88 bits per heavy atom. The number of nitrogens with zero attached hydrogens (tertiary/aromatic N) is 4. The number of rotatable bonds is 7. The summed E-state index contributed by atoms with van der Waals surface area (Å²) in [6.45, 7) is 6.52. The van der Waals surface area contributed by atoms with E-state index in [9.17, 15) is 4.79 Å². The van der Waals surface area contributed by atoms with E-state index in [-0.39, 0.29) is 17.9 Å². The Bertz CT molecular complexity index is 687. The van der Waals surface area contributed by atoms with Crippen molar-refractivity contribution in [2.24, 2.45) is 0 Å². The first-order valence-electron chi connectivity index (χ1n) is 8.69. The van der Waals surface area contributed by atoms with E-state index < -0.39 is 0 Å². The predicted octanol–water partition coefficient (Wildman–Crippen LogP) is 2.58. The smallest absolute Gasteiger partial charge is 0.242 e. The molecule has 0 bridgehead atoms. The molecule has 130 valence electrons. The van der Waals surface area contributed by atoms with Gasteiger partial charge in [-0.1, -0.05) is 25.4 Å². The molecule has 2 aromatic rings. The first-order valence-corrected chi connectivity index (χ1v) is 8.69. The minimum atomic E-state index is -0.291. The van der Waals surface area contributed by atoms with Crippen molar-refractivity contribution in [2.75, 3.05) is 6.54 Å². The van der Waals surface area contributed by atoms with E-state index in [0.29, 0.717) is 24.7 Å². The van der Waals surface area contributed by atoms with Crippen LogP contribution in [0.5, 0.6) is 0 Å². The summed E-state index contributed by atoms with van der Waals surface area (Å²) in [6.07, 6.45) is 7.68. The topological polar surface area (TPSA) is 85.8 Å². The second-order valence-electron chi connectivity index (χ2n) is 6.74. The molecule has 1 saturated carbocycles. The fourth-order valence-corrected chi connectivity index (χ4v) is 2.86. The molecular formula is C17H25N5O2. The van der Waals surface area contributed by atoms with Crippen molar-refractivity contribution in [2.45, 2.75) is 64.3 Å². The number of amides is 1. The standard InChI is InChI=1S/C17H25N5O2/c1-11(2)15-18-9-10-22(15)12(3)16(23)19-8-7-14-20-17(24-21-14)13-5-4-6-13/h9-13H,4-8H2,1-3H3,(H,19,23). The van der Waals surface area contributed by atoms with Gasteiger partial charge in [0.05, 0.1) is 0 Å². The Hall–Kier alpha value is -2.18. The number of carbonyl (C=O) groups excluding carboxylic acids is 1. The summed E-state index contributed by atoms with van der Waals surface area (Å²) in [5, 5.41) is 6.94. The molecule has 1 atom stereocenters. The highest BCUT2D eigenvalue weighted by molar-refractivity contribution is 5.79. The number of nitrogens with one attached hydrogen (secondary N) is 1. The first kappa shape index (κ1) is 16.7. The summed E-state index contributed by atoms with van der Waals surface area (Å²) in [5.74, 6) is 3.01. The average Bonchev–Trinajstić information content (AvgIpc) is 3.14. The minimum Gasteiger partial charge on any atom is -0.354 e. The maximum Gasteiger partial charge on any atom is 0.242 e. The van der Waals surface area contributed by atoms with Crippen LogP contribution in [-0.4, -0.2) is 32.1 Å². The van der Waals surface area contributed by atoms with Crippen LogP contribution in [0.3, 0.4) is 0 Å². The van der Waals surface area contributed by atoms with E-state index in [4.69, 9.17) is 4.52 Å². The Morgan fingerprint density at radius 1 is 1.42 bits per heavy atom. The van der Waals surface area contributed by atoms with Crippen LogP contribution in [-0.2, 0) is 11.2 Å². The van der Waals surface area contributed by atoms with Crippen LogP contribution in [0.2, 0.25) is 0 Å². The maximum absolute atomic E-state index is 12.4. The van der Waals surface area contributed by atoms with E-state index >= 15 is 0 Å². The second kappa shape index (κ2) is 7.15. The van der Waals surface area contributed by atoms with Gasteiger partial charge in [0.25, 0.3) is 0 Å². The van der Waals surface area contributed by atoms with Gasteiger partial charge in [0.15, 0.2) is 5.82 Å². The van der Waals surface area contributed by atoms with Crippen molar-refractivity contribution in [3.63, 3.8) is 0 Å². The Labute approximate surface area is 141 Å². The van der Waals surface area contributed by atoms with Gasteiger partial charge < -0.3 is 14.4 Å². The van der Waals surface area contributed by atoms with Gasteiger partial charge in [0, 0.05) is 37.2 Å². The quantitative estimate of drug-likeness (QED) is 0.843. The maximum atomic E-state index is 12.4. The third kappa shape index (κ3) is 3.49. The highest BCUT2D eigenvalue weighted by Gasteiger charge is 2.25. The molecule has 0 aromatic carbocycles. The summed E-state index contributed by atoms with van der Waals surface area (Å²) in [5.41, 5.74) is 0. The molecule has 1 unspecified atom stereocenters. The van der Waals surface area contributed by atoms with Crippen LogP contribution < -0.4 is 5.32 Å². The normalized spacial score (nSPS) is 16.2. The Balaban J connectivity index is 1.49. The number of hydrogen-bond donors (Lipinski definition) is 1. The molecule has 24 heavy (non-hydrogen) atoms. The lowest BCUT2D eigenvalue weighted by Gasteiger charge is -2.20. The van der Waals surface area contributed by atoms with E-state index in [0.717, 1.165) is 24.6 Å². The molecule has 0 spiro atoms. The molecule has 1 N–H and O–H groups in total. The van der Waals surface area contributed by atoms with Crippen molar-refractivity contribution >= 4 is 5.91 Å².